The third-order valence-electron chi connectivity index (χ3n) is 3.15. The highest BCUT2D eigenvalue weighted by atomic mass is 19.4. The number of nitrogens with zero attached hydrogens (tertiary/aromatic N) is 1. The Morgan fingerprint density at radius 1 is 1.12 bits per heavy atom. The SMILES string of the molecule is COc1ccc(NC(N)=NCc2ccccc2OCC(F)(F)F)cc1. The van der Waals surface area contributed by atoms with E-state index in [1.807, 2.05) is 0 Å². The van der Waals surface area contributed by atoms with E-state index in [0.29, 0.717) is 17.0 Å². The van der Waals surface area contributed by atoms with Gasteiger partial charge in [-0.3, -0.25) is 0 Å². The van der Waals surface area contributed by atoms with Crippen LogP contribution in [0.3, 0.4) is 0 Å². The van der Waals surface area contributed by atoms with Crippen molar-refractivity contribution < 1.29 is 22.6 Å². The van der Waals surface area contributed by atoms with Gasteiger partial charge < -0.3 is 20.5 Å². The third kappa shape index (κ3) is 6.25. The van der Waals surface area contributed by atoms with E-state index in [9.17, 15) is 13.2 Å². The van der Waals surface area contributed by atoms with Gasteiger partial charge in [-0.25, -0.2) is 4.99 Å². The van der Waals surface area contributed by atoms with Crippen LogP contribution < -0.4 is 20.5 Å². The Kier molecular flexibility index (Phi) is 6.10. The first kappa shape index (κ1) is 18.4. The van der Waals surface area contributed by atoms with Crippen molar-refractivity contribution in [2.24, 2.45) is 10.7 Å². The Bertz CT molecular complexity index is 716. The summed E-state index contributed by atoms with van der Waals surface area (Å²) in [6, 6.07) is 13.4. The topological polar surface area (TPSA) is 68.9 Å². The molecule has 0 atom stereocenters. The molecule has 0 fully saturated rings. The molecule has 0 amide bonds. The van der Waals surface area contributed by atoms with Crippen LogP contribution in [0.1, 0.15) is 5.56 Å². The van der Waals surface area contributed by atoms with Gasteiger partial charge in [0, 0.05) is 11.3 Å². The summed E-state index contributed by atoms with van der Waals surface area (Å²) in [5.74, 6) is 0.966. The molecule has 0 spiro atoms. The van der Waals surface area contributed by atoms with Crippen LogP contribution in [-0.4, -0.2) is 25.9 Å². The number of para-hydroxylation sites is 1. The molecule has 0 radical (unpaired) electrons. The lowest BCUT2D eigenvalue weighted by Gasteiger charge is -2.12. The Labute approximate surface area is 143 Å². The fourth-order valence-corrected chi connectivity index (χ4v) is 1.97. The number of methoxy groups -OCH3 is 1. The van der Waals surface area contributed by atoms with E-state index in [1.165, 1.54) is 6.07 Å². The van der Waals surface area contributed by atoms with Gasteiger partial charge in [0.05, 0.1) is 13.7 Å². The van der Waals surface area contributed by atoms with Gasteiger partial charge in [0.1, 0.15) is 11.5 Å². The zero-order chi connectivity index (χ0) is 18.3. The molecule has 5 nitrogen and oxygen atoms in total. The number of aliphatic imine (C=N–C) groups is 1. The molecule has 2 aromatic rings. The Morgan fingerprint density at radius 2 is 1.80 bits per heavy atom. The van der Waals surface area contributed by atoms with Crippen LogP contribution in [0.2, 0.25) is 0 Å². The van der Waals surface area contributed by atoms with Gasteiger partial charge >= 0.3 is 6.18 Å². The van der Waals surface area contributed by atoms with E-state index in [-0.39, 0.29) is 18.3 Å². The average molecular weight is 353 g/mol. The molecule has 0 aliphatic heterocycles. The molecule has 0 saturated carbocycles. The second-order valence-electron chi connectivity index (χ2n) is 5.07. The Balaban J connectivity index is 1.99. The number of anilines is 1. The Hall–Kier alpha value is -2.90. The van der Waals surface area contributed by atoms with Gasteiger partial charge in [0.15, 0.2) is 12.6 Å². The number of hydrogen-bond donors (Lipinski definition) is 2. The minimum Gasteiger partial charge on any atom is -0.497 e. The first-order valence-electron chi connectivity index (χ1n) is 7.36. The molecular formula is C17H18F3N3O2. The number of alkyl halides is 3. The summed E-state index contributed by atoms with van der Waals surface area (Å²) in [7, 11) is 1.57. The molecular weight excluding hydrogens is 335 g/mol. The monoisotopic (exact) mass is 353 g/mol. The van der Waals surface area contributed by atoms with Crippen molar-refractivity contribution in [1.29, 1.82) is 0 Å². The van der Waals surface area contributed by atoms with Crippen LogP contribution in [0.4, 0.5) is 18.9 Å². The van der Waals surface area contributed by atoms with Gasteiger partial charge in [0.25, 0.3) is 0 Å². The molecule has 0 aliphatic rings. The highest BCUT2D eigenvalue weighted by Gasteiger charge is 2.28. The molecule has 0 bridgehead atoms. The summed E-state index contributed by atoms with van der Waals surface area (Å²) in [6.07, 6.45) is -4.40. The molecule has 2 aromatic carbocycles. The summed E-state index contributed by atoms with van der Waals surface area (Å²) < 4.78 is 46.7. The normalized spacial score (nSPS) is 11.9. The van der Waals surface area contributed by atoms with Crippen molar-refractivity contribution in [2.75, 3.05) is 19.0 Å². The van der Waals surface area contributed by atoms with Gasteiger partial charge in [-0.1, -0.05) is 18.2 Å². The van der Waals surface area contributed by atoms with E-state index in [4.69, 9.17) is 15.2 Å². The maximum absolute atomic E-state index is 12.3. The van der Waals surface area contributed by atoms with Crippen LogP contribution in [-0.2, 0) is 6.54 Å². The number of nitrogens with two attached hydrogens (primary N) is 1. The van der Waals surface area contributed by atoms with Crippen molar-refractivity contribution in [3.05, 3.63) is 54.1 Å². The number of hydrogen-bond acceptors (Lipinski definition) is 3. The smallest absolute Gasteiger partial charge is 0.422 e. The largest absolute Gasteiger partial charge is 0.497 e. The number of rotatable bonds is 6. The van der Waals surface area contributed by atoms with E-state index < -0.39 is 12.8 Å². The molecule has 3 N–H and O–H groups in total. The van der Waals surface area contributed by atoms with E-state index in [2.05, 4.69) is 10.3 Å². The standard InChI is InChI=1S/C17H18F3N3O2/c1-24-14-8-6-13(7-9-14)23-16(21)22-10-12-4-2-3-5-15(12)25-11-17(18,19)20/h2-9H,10-11H2,1H3,(H3,21,22,23). The van der Waals surface area contributed by atoms with Crippen LogP contribution >= 0.6 is 0 Å². The molecule has 134 valence electrons. The number of benzene rings is 2. The highest BCUT2D eigenvalue weighted by Crippen LogP contribution is 2.23. The first-order chi connectivity index (χ1) is 11.9. The van der Waals surface area contributed by atoms with Crippen LogP contribution in [0.15, 0.2) is 53.5 Å². The minimum absolute atomic E-state index is 0.0863. The van der Waals surface area contributed by atoms with E-state index in [1.54, 1.807) is 49.6 Å². The van der Waals surface area contributed by atoms with Gasteiger partial charge in [0.2, 0.25) is 0 Å². The predicted octanol–water partition coefficient (Wildman–Crippen LogP) is 3.56. The summed E-state index contributed by atoms with van der Waals surface area (Å²) >= 11 is 0. The molecule has 8 heteroatoms. The molecule has 25 heavy (non-hydrogen) atoms. The van der Waals surface area contributed by atoms with Crippen molar-refractivity contribution in [2.45, 2.75) is 12.7 Å². The number of halogens is 3. The average Bonchev–Trinajstić information content (AvgIpc) is 2.59. The van der Waals surface area contributed by atoms with Crippen molar-refractivity contribution in [3.63, 3.8) is 0 Å². The zero-order valence-electron chi connectivity index (χ0n) is 13.5. The summed E-state index contributed by atoms with van der Waals surface area (Å²) in [6.45, 7) is -1.27. The van der Waals surface area contributed by atoms with Crippen LogP contribution in [0.5, 0.6) is 11.5 Å². The van der Waals surface area contributed by atoms with E-state index >= 15 is 0 Å². The molecule has 0 saturated heterocycles. The fourth-order valence-electron chi connectivity index (χ4n) is 1.97. The summed E-state index contributed by atoms with van der Waals surface area (Å²) in [5, 5.41) is 2.89. The van der Waals surface area contributed by atoms with Crippen molar-refractivity contribution >= 4 is 11.6 Å². The Morgan fingerprint density at radius 3 is 2.44 bits per heavy atom. The van der Waals surface area contributed by atoms with Gasteiger partial charge in [-0.05, 0) is 30.3 Å². The van der Waals surface area contributed by atoms with Crippen molar-refractivity contribution in [3.8, 4) is 11.5 Å². The highest BCUT2D eigenvalue weighted by molar-refractivity contribution is 5.92. The second kappa shape index (κ2) is 8.27. The zero-order valence-corrected chi connectivity index (χ0v) is 13.5. The first-order valence-corrected chi connectivity index (χ1v) is 7.36. The second-order valence-corrected chi connectivity index (χ2v) is 5.07. The molecule has 2 rings (SSSR count). The number of ether oxygens (including phenoxy) is 2. The molecule has 0 unspecified atom stereocenters. The maximum atomic E-state index is 12.3. The summed E-state index contributed by atoms with van der Waals surface area (Å²) in [5.41, 5.74) is 7.02. The van der Waals surface area contributed by atoms with Crippen molar-refractivity contribution in [1.82, 2.24) is 0 Å². The minimum atomic E-state index is -4.40. The fraction of sp³-hybridized carbons (Fsp3) is 0.235. The lowest BCUT2D eigenvalue weighted by molar-refractivity contribution is -0.153. The number of nitrogens with one attached hydrogen (secondary N) is 1. The van der Waals surface area contributed by atoms with Gasteiger partial charge in [-0.2, -0.15) is 13.2 Å². The van der Waals surface area contributed by atoms with Crippen LogP contribution in [0.25, 0.3) is 0 Å². The summed E-state index contributed by atoms with van der Waals surface area (Å²) in [4.78, 5) is 4.13. The third-order valence-corrected chi connectivity index (χ3v) is 3.15. The lowest BCUT2D eigenvalue weighted by atomic mass is 10.2. The van der Waals surface area contributed by atoms with Gasteiger partial charge in [-0.15, -0.1) is 0 Å². The predicted molar refractivity (Wildman–Crippen MR) is 89.9 cm³/mol. The molecule has 0 aliphatic carbocycles. The molecule has 0 aromatic heterocycles. The van der Waals surface area contributed by atoms with Crippen LogP contribution in [0, 0.1) is 0 Å². The molecule has 0 heterocycles. The quantitative estimate of drug-likeness (QED) is 0.615. The number of guanidine groups is 1. The lowest BCUT2D eigenvalue weighted by Crippen LogP contribution is -2.22. The van der Waals surface area contributed by atoms with E-state index in [0.717, 1.165) is 0 Å². The maximum Gasteiger partial charge on any atom is 0.422 e.